The highest BCUT2D eigenvalue weighted by atomic mass is 32.5. The van der Waals surface area contributed by atoms with Crippen LogP contribution in [0.5, 0.6) is 11.5 Å². The first-order valence-corrected chi connectivity index (χ1v) is 8.99. The molecule has 144 valence electrons. The van der Waals surface area contributed by atoms with E-state index in [9.17, 15) is 29.3 Å². The summed E-state index contributed by atoms with van der Waals surface area (Å²) < 4.78 is 69.4. The Labute approximate surface area is 145 Å². The van der Waals surface area contributed by atoms with Gasteiger partial charge >= 0.3 is 16.3 Å². The van der Waals surface area contributed by atoms with Gasteiger partial charge in [-0.2, -0.15) is 0 Å². The molecule has 2 aromatic carbocycles. The Morgan fingerprint density at radius 2 is 1.77 bits per heavy atom. The van der Waals surface area contributed by atoms with Crippen molar-refractivity contribution in [3.63, 3.8) is 0 Å². The highest BCUT2D eigenvalue weighted by Crippen LogP contribution is 3.02. The van der Waals surface area contributed by atoms with E-state index in [0.29, 0.717) is 11.6 Å². The molecule has 2 aromatic rings. The van der Waals surface area contributed by atoms with E-state index in [1.54, 1.807) is 12.1 Å². The monoisotopic (exact) mass is 398 g/mol. The first-order chi connectivity index (χ1) is 11.8. The summed E-state index contributed by atoms with van der Waals surface area (Å²) >= 11 is 0. The summed E-state index contributed by atoms with van der Waals surface area (Å²) in [7, 11) is -8.79. The standard InChI is InChI=1S/C15H15F5N2O3S/c1-25-14-7-6-11(26(16,17,18,19)20)8-12(14)22-15(24)21-9-10-4-2-3-5-13(10)23/h2-8,23H,9H2,1H3,(H2,21,22,24). The summed E-state index contributed by atoms with van der Waals surface area (Å²) in [5.41, 5.74) is -0.219. The van der Waals surface area contributed by atoms with Gasteiger partial charge in [0.05, 0.1) is 12.8 Å². The van der Waals surface area contributed by atoms with Gasteiger partial charge in [-0.15, -0.1) is 0 Å². The third kappa shape index (κ3) is 4.91. The second kappa shape index (κ2) is 5.94. The molecule has 2 rings (SSSR count). The molecule has 0 aliphatic rings. The number of aromatic hydroxyl groups is 1. The molecule has 0 heterocycles. The predicted molar refractivity (Wildman–Crippen MR) is 88.4 cm³/mol. The number of urea groups is 1. The molecule has 3 N–H and O–H groups in total. The van der Waals surface area contributed by atoms with E-state index in [-0.39, 0.29) is 30.2 Å². The number of rotatable bonds is 5. The number of carbonyl (C=O) groups excluding carboxylic acids is 1. The molecule has 0 aromatic heterocycles. The number of para-hydroxylation sites is 1. The van der Waals surface area contributed by atoms with Crippen molar-refractivity contribution in [2.75, 3.05) is 12.4 Å². The molecule has 0 spiro atoms. The molecule has 5 nitrogen and oxygen atoms in total. The Morgan fingerprint density at radius 1 is 1.12 bits per heavy atom. The zero-order chi connectivity index (χ0) is 19.7. The normalized spacial score (nSPS) is 14.1. The van der Waals surface area contributed by atoms with Crippen LogP contribution in [0.15, 0.2) is 47.4 Å². The van der Waals surface area contributed by atoms with E-state index >= 15 is 0 Å². The maximum Gasteiger partial charge on any atom is 0.319 e. The van der Waals surface area contributed by atoms with Crippen molar-refractivity contribution in [2.24, 2.45) is 0 Å². The van der Waals surface area contributed by atoms with Crippen LogP contribution in [0.4, 0.5) is 29.9 Å². The second-order valence-electron chi connectivity index (χ2n) is 5.27. The minimum atomic E-state index is -9.90. The first-order valence-electron chi connectivity index (χ1n) is 7.04. The lowest BCUT2D eigenvalue weighted by Gasteiger charge is -2.40. The Kier molecular flexibility index (Phi) is 4.48. The van der Waals surface area contributed by atoms with Gasteiger partial charge in [0.1, 0.15) is 16.4 Å². The fourth-order valence-corrected chi connectivity index (χ4v) is 2.69. The van der Waals surface area contributed by atoms with Crippen molar-refractivity contribution in [2.45, 2.75) is 11.4 Å². The number of ether oxygens (including phenoxy) is 1. The number of amides is 2. The zero-order valence-corrected chi connectivity index (χ0v) is 14.1. The van der Waals surface area contributed by atoms with Crippen LogP contribution in [0.3, 0.4) is 0 Å². The number of phenolic OH excluding ortho intramolecular Hbond substituents is 1. The highest BCUT2D eigenvalue weighted by Gasteiger charge is 2.65. The number of methoxy groups -OCH3 is 1. The summed E-state index contributed by atoms with van der Waals surface area (Å²) in [5, 5.41) is 13.9. The number of nitrogens with one attached hydrogen (secondary N) is 2. The van der Waals surface area contributed by atoms with Crippen LogP contribution in [0.2, 0.25) is 0 Å². The molecule has 0 unspecified atom stereocenters. The minimum absolute atomic E-state index is 0.0895. The topological polar surface area (TPSA) is 70.6 Å². The van der Waals surface area contributed by atoms with Crippen molar-refractivity contribution < 1.29 is 34.1 Å². The largest absolute Gasteiger partial charge is 0.508 e. The fraction of sp³-hybridized carbons (Fsp3) is 0.133. The van der Waals surface area contributed by atoms with E-state index in [4.69, 9.17) is 4.74 Å². The molecular weight excluding hydrogens is 383 g/mol. The number of anilines is 1. The van der Waals surface area contributed by atoms with Gasteiger partial charge in [-0.25, -0.2) is 4.79 Å². The van der Waals surface area contributed by atoms with Crippen LogP contribution >= 0.6 is 10.2 Å². The smallest absolute Gasteiger partial charge is 0.319 e. The third-order valence-corrected chi connectivity index (χ3v) is 4.44. The van der Waals surface area contributed by atoms with E-state index in [1.165, 1.54) is 12.1 Å². The van der Waals surface area contributed by atoms with Crippen LogP contribution in [-0.4, -0.2) is 18.2 Å². The van der Waals surface area contributed by atoms with Crippen molar-refractivity contribution in [1.29, 1.82) is 0 Å². The lowest BCUT2D eigenvalue weighted by atomic mass is 10.2. The van der Waals surface area contributed by atoms with Gasteiger partial charge in [0.15, 0.2) is 0 Å². The van der Waals surface area contributed by atoms with Gasteiger partial charge in [0, 0.05) is 12.1 Å². The van der Waals surface area contributed by atoms with Gasteiger partial charge in [-0.3, -0.25) is 0 Å². The number of benzene rings is 2. The Hall–Kier alpha value is -2.69. The Morgan fingerprint density at radius 3 is 2.35 bits per heavy atom. The number of halogens is 5. The van der Waals surface area contributed by atoms with E-state index in [1.807, 2.05) is 5.32 Å². The predicted octanol–water partition coefficient (Wildman–Crippen LogP) is 5.38. The van der Waals surface area contributed by atoms with Crippen molar-refractivity contribution in [3.8, 4) is 11.5 Å². The molecule has 0 fully saturated rings. The lowest BCUT2D eigenvalue weighted by molar-refractivity contribution is 0.251. The van der Waals surface area contributed by atoms with Gasteiger partial charge in [-0.05, 0) is 24.3 Å². The molecule has 0 saturated carbocycles. The SMILES string of the molecule is COc1ccc(S(F)(F)(F)(F)F)cc1NC(=O)NCc1ccccc1O. The van der Waals surface area contributed by atoms with Crippen LogP contribution < -0.4 is 15.4 Å². The minimum Gasteiger partial charge on any atom is -0.508 e. The Balaban J connectivity index is 2.20. The first kappa shape index (κ1) is 19.6. The second-order valence-corrected chi connectivity index (χ2v) is 7.68. The van der Waals surface area contributed by atoms with Gasteiger partial charge in [0.25, 0.3) is 0 Å². The fourth-order valence-electron chi connectivity index (χ4n) is 2.03. The number of hydrogen-bond acceptors (Lipinski definition) is 3. The molecule has 0 radical (unpaired) electrons. The zero-order valence-electron chi connectivity index (χ0n) is 13.3. The molecule has 0 aliphatic heterocycles. The van der Waals surface area contributed by atoms with Gasteiger partial charge < -0.3 is 20.5 Å². The van der Waals surface area contributed by atoms with E-state index in [0.717, 1.165) is 7.11 Å². The quantitative estimate of drug-likeness (QED) is 0.592. The highest BCUT2D eigenvalue weighted by molar-refractivity contribution is 8.45. The summed E-state index contributed by atoms with van der Waals surface area (Å²) in [6.07, 6.45) is 0. The summed E-state index contributed by atoms with van der Waals surface area (Å²) in [6, 6.07) is 6.09. The maximum atomic E-state index is 12.9. The molecule has 0 atom stereocenters. The van der Waals surface area contributed by atoms with Crippen LogP contribution in [0, 0.1) is 0 Å². The van der Waals surface area contributed by atoms with Crippen LogP contribution in [0.1, 0.15) is 5.56 Å². The molecule has 0 saturated heterocycles. The third-order valence-electron chi connectivity index (χ3n) is 3.30. The molecule has 0 aliphatic carbocycles. The van der Waals surface area contributed by atoms with Crippen molar-refractivity contribution >= 4 is 21.9 Å². The number of hydrogen-bond donors (Lipinski definition) is 3. The van der Waals surface area contributed by atoms with Gasteiger partial charge in [0.2, 0.25) is 0 Å². The maximum absolute atomic E-state index is 12.9. The molecule has 2 amide bonds. The van der Waals surface area contributed by atoms with E-state index < -0.39 is 26.8 Å². The van der Waals surface area contributed by atoms with E-state index in [2.05, 4.69) is 5.32 Å². The molecular formula is C15H15F5N2O3S. The summed E-state index contributed by atoms with van der Waals surface area (Å²) in [5.74, 6) is -0.318. The number of carbonyl (C=O) groups is 1. The number of phenols is 1. The van der Waals surface area contributed by atoms with Crippen molar-refractivity contribution in [1.82, 2.24) is 5.32 Å². The molecule has 26 heavy (non-hydrogen) atoms. The summed E-state index contributed by atoms with van der Waals surface area (Å²) in [4.78, 5) is 9.72. The molecule has 0 bridgehead atoms. The Bertz CT molecular complexity index is 843. The van der Waals surface area contributed by atoms with Crippen molar-refractivity contribution in [3.05, 3.63) is 48.0 Å². The van der Waals surface area contributed by atoms with Gasteiger partial charge in [-0.1, -0.05) is 37.6 Å². The van der Waals surface area contributed by atoms with Crippen LogP contribution in [-0.2, 0) is 6.54 Å². The lowest BCUT2D eigenvalue weighted by Crippen LogP contribution is -2.28. The average molecular weight is 398 g/mol. The summed E-state index contributed by atoms with van der Waals surface area (Å²) in [6.45, 7) is -0.137. The van der Waals surface area contributed by atoms with Crippen LogP contribution in [0.25, 0.3) is 0 Å². The molecule has 11 heteroatoms. The average Bonchev–Trinajstić information content (AvgIpc) is 2.52.